The van der Waals surface area contributed by atoms with Crippen LogP contribution in [-0.2, 0) is 10.0 Å². The predicted molar refractivity (Wildman–Crippen MR) is 80.8 cm³/mol. The number of nitrogens with zero attached hydrogens (tertiary/aromatic N) is 1. The summed E-state index contributed by atoms with van der Waals surface area (Å²) in [7, 11) is -3.69. The third kappa shape index (κ3) is 3.08. The number of nitrogens with one attached hydrogen (secondary N) is 1. The van der Waals surface area contributed by atoms with Crippen LogP contribution in [0.2, 0.25) is 0 Å². The van der Waals surface area contributed by atoms with E-state index in [0.29, 0.717) is 10.9 Å². The van der Waals surface area contributed by atoms with E-state index in [-0.39, 0.29) is 16.5 Å². The molecule has 0 amide bonds. The Morgan fingerprint density at radius 1 is 1.45 bits per heavy atom. The van der Waals surface area contributed by atoms with Crippen molar-refractivity contribution in [3.63, 3.8) is 0 Å². The zero-order valence-electron chi connectivity index (χ0n) is 11.2. The average Bonchev–Trinajstić information content (AvgIpc) is 2.84. The number of nitriles is 1. The van der Waals surface area contributed by atoms with E-state index < -0.39 is 10.0 Å². The summed E-state index contributed by atoms with van der Waals surface area (Å²) in [5.41, 5.74) is 6.04. The lowest BCUT2D eigenvalue weighted by molar-refractivity contribution is 0.555. The molecule has 2 atom stereocenters. The Bertz CT molecular complexity index is 638. The van der Waals surface area contributed by atoms with Gasteiger partial charge >= 0.3 is 0 Å². The summed E-state index contributed by atoms with van der Waals surface area (Å²) in [5.74, 6) is 0. The van der Waals surface area contributed by atoms with Crippen molar-refractivity contribution in [2.75, 3.05) is 12.0 Å². The molecule has 1 saturated carbocycles. The van der Waals surface area contributed by atoms with E-state index >= 15 is 0 Å². The fraction of sp³-hybridized carbons (Fsp3) is 0.462. The molecule has 5 nitrogen and oxygen atoms in total. The van der Waals surface area contributed by atoms with Gasteiger partial charge in [0.1, 0.15) is 6.07 Å². The van der Waals surface area contributed by atoms with Gasteiger partial charge in [-0.1, -0.05) is 6.42 Å². The van der Waals surface area contributed by atoms with E-state index in [0.717, 1.165) is 19.3 Å². The summed E-state index contributed by atoms with van der Waals surface area (Å²) in [6.07, 6.45) is 4.86. The highest BCUT2D eigenvalue weighted by molar-refractivity contribution is 7.99. The molecule has 0 saturated heterocycles. The highest BCUT2D eigenvalue weighted by Crippen LogP contribution is 2.30. The van der Waals surface area contributed by atoms with Crippen LogP contribution in [0.5, 0.6) is 0 Å². The first-order chi connectivity index (χ1) is 9.47. The molecule has 0 heterocycles. The predicted octanol–water partition coefficient (Wildman–Crippen LogP) is 1.70. The lowest BCUT2D eigenvalue weighted by Crippen LogP contribution is -2.38. The van der Waals surface area contributed by atoms with Crippen LogP contribution in [0, 0.1) is 11.3 Å². The second kappa shape index (κ2) is 6.04. The molecule has 0 bridgehead atoms. The first-order valence-electron chi connectivity index (χ1n) is 6.32. The molecule has 0 aliphatic heterocycles. The third-order valence-electron chi connectivity index (χ3n) is 3.48. The Morgan fingerprint density at radius 2 is 2.20 bits per heavy atom. The molecule has 2 unspecified atom stereocenters. The maximum atomic E-state index is 12.4. The van der Waals surface area contributed by atoms with Crippen LogP contribution < -0.4 is 10.5 Å². The van der Waals surface area contributed by atoms with Crippen LogP contribution in [0.1, 0.15) is 24.8 Å². The number of thioether (sulfide) groups is 1. The molecule has 7 heteroatoms. The molecule has 1 aromatic carbocycles. The standard InChI is InChI=1S/C13H17N3O2S2/c1-19-12-4-2-3-11(12)16-20(17,18)13-6-5-10(15)7-9(13)8-14/h5-7,11-12,16H,2-4,15H2,1H3. The van der Waals surface area contributed by atoms with Gasteiger partial charge in [-0.2, -0.15) is 17.0 Å². The summed E-state index contributed by atoms with van der Waals surface area (Å²) < 4.78 is 27.6. The van der Waals surface area contributed by atoms with E-state index in [9.17, 15) is 8.42 Å². The van der Waals surface area contributed by atoms with Crippen molar-refractivity contribution in [1.29, 1.82) is 5.26 Å². The van der Waals surface area contributed by atoms with Crippen molar-refractivity contribution >= 4 is 27.5 Å². The van der Waals surface area contributed by atoms with Crippen molar-refractivity contribution in [3.8, 4) is 6.07 Å². The van der Waals surface area contributed by atoms with Crippen molar-refractivity contribution in [3.05, 3.63) is 23.8 Å². The van der Waals surface area contributed by atoms with Gasteiger partial charge in [-0.05, 0) is 37.3 Å². The first kappa shape index (κ1) is 15.2. The largest absolute Gasteiger partial charge is 0.399 e. The molecule has 1 aromatic rings. The number of nitrogen functional groups attached to an aromatic ring is 1. The zero-order chi connectivity index (χ0) is 14.8. The highest BCUT2D eigenvalue weighted by Gasteiger charge is 2.31. The number of hydrogen-bond donors (Lipinski definition) is 2. The minimum Gasteiger partial charge on any atom is -0.399 e. The average molecular weight is 311 g/mol. The van der Waals surface area contributed by atoms with Crippen molar-refractivity contribution in [1.82, 2.24) is 4.72 Å². The van der Waals surface area contributed by atoms with Crippen LogP contribution in [0.4, 0.5) is 5.69 Å². The first-order valence-corrected chi connectivity index (χ1v) is 9.10. The molecule has 1 aliphatic carbocycles. The van der Waals surface area contributed by atoms with Gasteiger partial charge in [-0.15, -0.1) is 0 Å². The van der Waals surface area contributed by atoms with Gasteiger partial charge in [-0.25, -0.2) is 13.1 Å². The minimum atomic E-state index is -3.69. The normalized spacial score (nSPS) is 22.6. The van der Waals surface area contributed by atoms with Gasteiger partial charge in [0.15, 0.2) is 0 Å². The summed E-state index contributed by atoms with van der Waals surface area (Å²) >= 11 is 1.68. The molecular formula is C13H17N3O2S2. The van der Waals surface area contributed by atoms with Crippen LogP contribution >= 0.6 is 11.8 Å². The van der Waals surface area contributed by atoms with E-state index in [2.05, 4.69) is 4.72 Å². The zero-order valence-corrected chi connectivity index (χ0v) is 12.8. The number of hydrogen-bond acceptors (Lipinski definition) is 5. The van der Waals surface area contributed by atoms with Crippen LogP contribution in [0.3, 0.4) is 0 Å². The Kier molecular flexibility index (Phi) is 4.58. The van der Waals surface area contributed by atoms with Crippen LogP contribution in [-0.4, -0.2) is 26.0 Å². The number of anilines is 1. The molecule has 20 heavy (non-hydrogen) atoms. The highest BCUT2D eigenvalue weighted by atomic mass is 32.2. The fourth-order valence-electron chi connectivity index (χ4n) is 2.48. The summed E-state index contributed by atoms with van der Waals surface area (Å²) in [6, 6.07) is 6.09. The number of rotatable bonds is 4. The Labute approximate surface area is 123 Å². The number of sulfonamides is 1. The maximum Gasteiger partial charge on any atom is 0.242 e. The topological polar surface area (TPSA) is 96.0 Å². The van der Waals surface area contributed by atoms with Crippen molar-refractivity contribution in [2.45, 2.75) is 35.4 Å². The number of nitrogens with two attached hydrogens (primary N) is 1. The summed E-state index contributed by atoms with van der Waals surface area (Å²) in [4.78, 5) is 0.000882. The Hall–Kier alpha value is -1.23. The number of benzene rings is 1. The second-order valence-corrected chi connectivity index (χ2v) is 7.56. The van der Waals surface area contributed by atoms with E-state index in [1.165, 1.54) is 18.2 Å². The Balaban J connectivity index is 2.29. The summed E-state index contributed by atoms with van der Waals surface area (Å²) in [5, 5.41) is 9.36. The quantitative estimate of drug-likeness (QED) is 0.825. The molecule has 1 fully saturated rings. The van der Waals surface area contributed by atoms with Gasteiger partial charge in [0.25, 0.3) is 0 Å². The fourth-order valence-corrected chi connectivity index (χ4v) is 4.95. The maximum absolute atomic E-state index is 12.4. The molecule has 1 aliphatic rings. The lowest BCUT2D eigenvalue weighted by atomic mass is 10.2. The molecule has 0 radical (unpaired) electrons. The van der Waals surface area contributed by atoms with Gasteiger partial charge in [0, 0.05) is 17.0 Å². The van der Waals surface area contributed by atoms with E-state index in [1.54, 1.807) is 11.8 Å². The van der Waals surface area contributed by atoms with Crippen molar-refractivity contribution < 1.29 is 8.42 Å². The third-order valence-corrected chi connectivity index (χ3v) is 6.19. The van der Waals surface area contributed by atoms with Gasteiger partial charge < -0.3 is 5.73 Å². The second-order valence-electron chi connectivity index (χ2n) is 4.80. The van der Waals surface area contributed by atoms with E-state index in [1.807, 2.05) is 12.3 Å². The van der Waals surface area contributed by atoms with Gasteiger partial charge in [-0.3, -0.25) is 0 Å². The van der Waals surface area contributed by atoms with Crippen LogP contribution in [0.15, 0.2) is 23.1 Å². The molecule has 0 spiro atoms. The molecule has 2 rings (SSSR count). The SMILES string of the molecule is CSC1CCCC1NS(=O)(=O)c1ccc(N)cc1C#N. The lowest BCUT2D eigenvalue weighted by Gasteiger charge is -2.19. The molecule has 3 N–H and O–H groups in total. The molecular weight excluding hydrogens is 294 g/mol. The van der Waals surface area contributed by atoms with E-state index in [4.69, 9.17) is 11.0 Å². The molecule has 0 aromatic heterocycles. The minimum absolute atomic E-state index is 0.000882. The molecule has 108 valence electrons. The smallest absolute Gasteiger partial charge is 0.242 e. The van der Waals surface area contributed by atoms with Gasteiger partial charge in [0.05, 0.1) is 10.5 Å². The van der Waals surface area contributed by atoms with Crippen LogP contribution in [0.25, 0.3) is 0 Å². The summed E-state index contributed by atoms with van der Waals surface area (Å²) in [6.45, 7) is 0. The Morgan fingerprint density at radius 3 is 2.85 bits per heavy atom. The van der Waals surface area contributed by atoms with Gasteiger partial charge in [0.2, 0.25) is 10.0 Å². The monoisotopic (exact) mass is 311 g/mol. The van der Waals surface area contributed by atoms with Crippen molar-refractivity contribution in [2.24, 2.45) is 0 Å².